The number of H-pyrrole nitrogens is 1. The zero-order valence-electron chi connectivity index (χ0n) is 33.2. The van der Waals surface area contributed by atoms with Gasteiger partial charge >= 0.3 is 12.1 Å². The first-order chi connectivity index (χ1) is 26.7. The highest BCUT2D eigenvalue weighted by molar-refractivity contribution is 6.04. The number of ether oxygens (including phenoxy) is 2. The molecule has 1 aromatic heterocycles. The lowest BCUT2D eigenvalue weighted by atomic mass is 9.94. The molecule has 0 aliphatic rings. The highest BCUT2D eigenvalue weighted by Crippen LogP contribution is 2.24. The predicted molar refractivity (Wildman–Crippen MR) is 214 cm³/mol. The molecule has 0 unspecified atom stereocenters. The summed E-state index contributed by atoms with van der Waals surface area (Å²) in [5.74, 6) is -3.49. The van der Waals surface area contributed by atoms with E-state index in [2.05, 4.69) is 15.6 Å². The topological polar surface area (TPSA) is 167 Å². The Balaban J connectivity index is 1.77. The van der Waals surface area contributed by atoms with Gasteiger partial charge in [0.15, 0.2) is 0 Å². The Bertz CT molecular complexity index is 1910. The third-order valence-electron chi connectivity index (χ3n) is 9.47. The van der Waals surface area contributed by atoms with Gasteiger partial charge in [0.1, 0.15) is 30.3 Å². The van der Waals surface area contributed by atoms with Crippen LogP contribution in [0.4, 0.5) is 4.79 Å². The van der Waals surface area contributed by atoms with E-state index in [0.717, 1.165) is 34.2 Å². The van der Waals surface area contributed by atoms with Crippen LogP contribution in [0, 0.1) is 5.92 Å². The van der Waals surface area contributed by atoms with Crippen molar-refractivity contribution in [2.75, 3.05) is 0 Å². The molecule has 0 spiro atoms. The van der Waals surface area contributed by atoms with Crippen molar-refractivity contribution < 1.29 is 38.6 Å². The summed E-state index contributed by atoms with van der Waals surface area (Å²) in [6, 6.07) is 21.4. The van der Waals surface area contributed by atoms with Crippen LogP contribution in [0.3, 0.4) is 0 Å². The first kappa shape index (κ1) is 43.2. The maximum atomic E-state index is 15.0. The van der Waals surface area contributed by atoms with Gasteiger partial charge in [-0.1, -0.05) is 106 Å². The van der Waals surface area contributed by atoms with Crippen LogP contribution in [0.15, 0.2) is 91.1 Å². The van der Waals surface area contributed by atoms with Crippen LogP contribution >= 0.6 is 0 Å². The fraction of sp³-hybridized carbons (Fsp3) is 0.432. The van der Waals surface area contributed by atoms with Crippen molar-refractivity contribution in [2.24, 2.45) is 5.92 Å². The average Bonchev–Trinajstić information content (AvgIpc) is 3.57. The van der Waals surface area contributed by atoms with Crippen LogP contribution < -0.4 is 10.6 Å². The van der Waals surface area contributed by atoms with E-state index in [1.165, 1.54) is 6.92 Å². The molecule has 0 aliphatic carbocycles. The number of hydrogen-bond donors (Lipinski definition) is 4. The molecule has 4 rings (SSSR count). The predicted octanol–water partition coefficient (Wildman–Crippen LogP) is 6.40. The van der Waals surface area contributed by atoms with E-state index in [4.69, 9.17) is 9.47 Å². The molecular weight excluding hydrogens is 713 g/mol. The number of imide groups is 1. The molecule has 0 saturated carbocycles. The van der Waals surface area contributed by atoms with E-state index >= 15 is 4.79 Å². The second-order valence-corrected chi connectivity index (χ2v) is 15.3. The summed E-state index contributed by atoms with van der Waals surface area (Å²) in [4.78, 5) is 74.6. The lowest BCUT2D eigenvalue weighted by Gasteiger charge is -2.34. The first-order valence-electron chi connectivity index (χ1n) is 19.3. The van der Waals surface area contributed by atoms with E-state index < -0.39 is 66.0 Å². The molecule has 1 heterocycles. The van der Waals surface area contributed by atoms with E-state index in [-0.39, 0.29) is 25.4 Å². The number of rotatable bonds is 18. The second-order valence-electron chi connectivity index (χ2n) is 15.3. The Morgan fingerprint density at radius 2 is 1.46 bits per heavy atom. The molecule has 56 heavy (non-hydrogen) atoms. The Morgan fingerprint density at radius 3 is 2.11 bits per heavy atom. The number of unbranched alkanes of at least 4 members (excludes halogenated alkanes) is 1. The van der Waals surface area contributed by atoms with Crippen molar-refractivity contribution in [1.29, 1.82) is 0 Å². The molecule has 0 bridgehead atoms. The monoisotopic (exact) mass is 768 g/mol. The van der Waals surface area contributed by atoms with Crippen molar-refractivity contribution >= 4 is 40.7 Å². The van der Waals surface area contributed by atoms with Crippen molar-refractivity contribution in [3.8, 4) is 0 Å². The molecule has 5 atom stereocenters. The molecule has 4 amide bonds. The molecule has 300 valence electrons. The van der Waals surface area contributed by atoms with Crippen molar-refractivity contribution in [1.82, 2.24) is 20.5 Å². The number of hydrogen-bond acceptors (Lipinski definition) is 8. The van der Waals surface area contributed by atoms with Crippen LogP contribution in [0.1, 0.15) is 83.9 Å². The number of fused-ring (bicyclic) bond motifs is 1. The minimum atomic E-state index is -1.52. The van der Waals surface area contributed by atoms with Gasteiger partial charge in [-0.3, -0.25) is 19.3 Å². The molecule has 3 aromatic carbocycles. The van der Waals surface area contributed by atoms with Crippen LogP contribution in [-0.4, -0.2) is 74.6 Å². The first-order valence-corrected chi connectivity index (χ1v) is 19.3. The Hall–Kier alpha value is -5.49. The number of carbonyl (C=O) groups excluding carboxylic acids is 5. The van der Waals surface area contributed by atoms with Gasteiger partial charge in [-0.15, -0.1) is 0 Å². The average molecular weight is 769 g/mol. The SMILES string of the molecule is CCCC[C@H](C)[C@@H](O)CC(=O)N(C(=O)[C@@H](Cc1ccccc1)NC(=O)OC(C)(C)C)[C@@H](Cc1c[nH]c2ccccc12)C(=O)N[C@@H](C)C(=O)OCc1ccccc1. The number of nitrogens with one attached hydrogen (secondary N) is 3. The highest BCUT2D eigenvalue weighted by atomic mass is 16.6. The summed E-state index contributed by atoms with van der Waals surface area (Å²) in [6.45, 7) is 10.4. The number of aromatic nitrogens is 1. The number of aliphatic hydroxyl groups excluding tert-OH is 1. The van der Waals surface area contributed by atoms with Crippen LogP contribution in [0.2, 0.25) is 0 Å². The molecular formula is C44H56N4O8. The van der Waals surface area contributed by atoms with E-state index in [0.29, 0.717) is 17.5 Å². The third-order valence-corrected chi connectivity index (χ3v) is 9.47. The third kappa shape index (κ3) is 12.8. The number of esters is 1. The summed E-state index contributed by atoms with van der Waals surface area (Å²) < 4.78 is 11.0. The lowest BCUT2D eigenvalue weighted by Crippen LogP contribution is -2.60. The van der Waals surface area contributed by atoms with Gasteiger partial charge in [0, 0.05) is 29.9 Å². The molecule has 4 N–H and O–H groups in total. The van der Waals surface area contributed by atoms with Crippen molar-refractivity contribution in [3.05, 3.63) is 108 Å². The second kappa shape index (κ2) is 20.4. The number of amides is 4. The Kier molecular flexibility index (Phi) is 15.8. The van der Waals surface area contributed by atoms with Crippen molar-refractivity contribution in [2.45, 2.75) is 117 Å². The van der Waals surface area contributed by atoms with Gasteiger partial charge in [-0.05, 0) is 62.8 Å². The Morgan fingerprint density at radius 1 is 0.839 bits per heavy atom. The summed E-state index contributed by atoms with van der Waals surface area (Å²) in [5, 5.41) is 17.4. The minimum Gasteiger partial charge on any atom is -0.459 e. The molecule has 12 nitrogen and oxygen atoms in total. The van der Waals surface area contributed by atoms with Gasteiger partial charge < -0.3 is 30.2 Å². The fourth-order valence-electron chi connectivity index (χ4n) is 6.35. The molecule has 0 fully saturated rings. The number of alkyl carbamates (subject to hydrolysis) is 1. The molecule has 0 saturated heterocycles. The maximum absolute atomic E-state index is 15.0. The van der Waals surface area contributed by atoms with Gasteiger partial charge in [0.05, 0.1) is 12.5 Å². The zero-order chi connectivity index (χ0) is 40.8. The van der Waals surface area contributed by atoms with Crippen LogP contribution in [0.5, 0.6) is 0 Å². The summed E-state index contributed by atoms with van der Waals surface area (Å²) in [5.41, 5.74) is 1.93. The number of carbonyl (C=O) groups is 5. The van der Waals surface area contributed by atoms with Crippen LogP contribution in [-0.2, 0) is 48.1 Å². The summed E-state index contributed by atoms with van der Waals surface area (Å²) in [7, 11) is 0. The quantitative estimate of drug-likeness (QED) is 0.0845. The number of benzene rings is 3. The van der Waals surface area contributed by atoms with E-state index in [9.17, 15) is 24.3 Å². The zero-order valence-corrected chi connectivity index (χ0v) is 33.2. The summed E-state index contributed by atoms with van der Waals surface area (Å²) >= 11 is 0. The smallest absolute Gasteiger partial charge is 0.408 e. The molecule has 0 radical (unpaired) electrons. The minimum absolute atomic E-state index is 0.0205. The van der Waals surface area contributed by atoms with E-state index in [1.807, 2.05) is 62.4 Å². The highest BCUT2D eigenvalue weighted by Gasteiger charge is 2.41. The van der Waals surface area contributed by atoms with Gasteiger partial charge in [0.25, 0.3) is 5.91 Å². The van der Waals surface area contributed by atoms with Crippen molar-refractivity contribution in [3.63, 3.8) is 0 Å². The van der Waals surface area contributed by atoms with Gasteiger partial charge in [0.2, 0.25) is 11.8 Å². The number of nitrogens with zero attached hydrogens (tertiary/aromatic N) is 1. The number of para-hydroxylation sites is 1. The maximum Gasteiger partial charge on any atom is 0.408 e. The fourth-order valence-corrected chi connectivity index (χ4v) is 6.35. The summed E-state index contributed by atoms with van der Waals surface area (Å²) in [6.07, 6.45) is 1.42. The van der Waals surface area contributed by atoms with Gasteiger partial charge in [-0.25, -0.2) is 9.59 Å². The number of aromatic amines is 1. The molecule has 0 aliphatic heterocycles. The number of aliphatic hydroxyl groups is 1. The van der Waals surface area contributed by atoms with E-state index in [1.54, 1.807) is 63.4 Å². The standard InChI is InChI=1S/C44H56N4O8/c1-7-8-17-29(2)38(49)26-39(50)48(41(52)36(24-31-18-11-9-12-19-31)47-43(54)56-44(4,5)6)37(25-33-27-45-35-23-16-15-22-34(33)35)40(51)46-30(3)42(53)55-28-32-20-13-10-14-21-32/h9-16,18-23,27,29-30,36-38,45,49H,7-8,17,24-26,28H2,1-6H3,(H,46,51)(H,47,54)/t29-,30-,36+,37-,38-/m0/s1. The lowest BCUT2D eigenvalue weighted by molar-refractivity contribution is -0.155. The van der Waals surface area contributed by atoms with Gasteiger partial charge in [-0.2, -0.15) is 0 Å². The molecule has 12 heteroatoms. The Labute approximate surface area is 329 Å². The largest absolute Gasteiger partial charge is 0.459 e. The van der Waals surface area contributed by atoms with Crippen LogP contribution in [0.25, 0.3) is 10.9 Å². The molecule has 4 aromatic rings. The normalized spacial score (nSPS) is 14.1.